The van der Waals surface area contributed by atoms with Crippen molar-refractivity contribution in [1.82, 2.24) is 0 Å². The summed E-state index contributed by atoms with van der Waals surface area (Å²) >= 11 is 0. The molecule has 0 unspecified atom stereocenters. The van der Waals surface area contributed by atoms with Crippen LogP contribution in [0, 0.1) is 11.6 Å². The van der Waals surface area contributed by atoms with Crippen molar-refractivity contribution in [1.29, 1.82) is 0 Å². The number of anilines is 3. The molecule has 0 saturated carbocycles. The van der Waals surface area contributed by atoms with Crippen molar-refractivity contribution in [3.8, 4) is 5.75 Å². The Hall–Kier alpha value is -2.30. The van der Waals surface area contributed by atoms with E-state index in [4.69, 9.17) is 10.5 Å². The van der Waals surface area contributed by atoms with Gasteiger partial charge in [0.1, 0.15) is 5.82 Å². The number of nitrogens with two attached hydrogens (primary N) is 1. The Labute approximate surface area is 103 Å². The molecular formula is C13H12F2N2O. The van der Waals surface area contributed by atoms with Gasteiger partial charge in [-0.1, -0.05) is 6.07 Å². The summed E-state index contributed by atoms with van der Waals surface area (Å²) in [6.45, 7) is 0. The maximum Gasteiger partial charge on any atom is 0.167 e. The molecule has 0 amide bonds. The molecule has 0 spiro atoms. The first-order valence-corrected chi connectivity index (χ1v) is 5.26. The molecule has 3 nitrogen and oxygen atoms in total. The number of para-hydroxylation sites is 1. The highest BCUT2D eigenvalue weighted by Crippen LogP contribution is 2.28. The minimum absolute atomic E-state index is 0.127. The van der Waals surface area contributed by atoms with Crippen LogP contribution in [-0.2, 0) is 0 Å². The summed E-state index contributed by atoms with van der Waals surface area (Å²) in [6.07, 6.45) is 0. The van der Waals surface area contributed by atoms with Crippen molar-refractivity contribution in [2.24, 2.45) is 0 Å². The second kappa shape index (κ2) is 4.91. The van der Waals surface area contributed by atoms with Gasteiger partial charge in [-0.2, -0.15) is 0 Å². The Morgan fingerprint density at radius 1 is 1.11 bits per heavy atom. The molecule has 2 rings (SSSR count). The SMILES string of the molecule is COc1ccc(Nc2c(N)cccc2F)cc1F. The van der Waals surface area contributed by atoms with Crippen molar-refractivity contribution < 1.29 is 13.5 Å². The van der Waals surface area contributed by atoms with Crippen LogP contribution < -0.4 is 15.8 Å². The van der Waals surface area contributed by atoms with Gasteiger partial charge in [0.05, 0.1) is 18.5 Å². The molecule has 2 aromatic carbocycles. The first-order chi connectivity index (χ1) is 8.61. The van der Waals surface area contributed by atoms with Crippen LogP contribution >= 0.6 is 0 Å². The summed E-state index contributed by atoms with van der Waals surface area (Å²) in [5, 5.41) is 2.74. The molecule has 0 radical (unpaired) electrons. The smallest absolute Gasteiger partial charge is 0.167 e. The van der Waals surface area contributed by atoms with Gasteiger partial charge in [0.2, 0.25) is 0 Å². The van der Waals surface area contributed by atoms with Crippen molar-refractivity contribution in [2.75, 3.05) is 18.2 Å². The van der Waals surface area contributed by atoms with E-state index in [0.29, 0.717) is 5.69 Å². The van der Waals surface area contributed by atoms with Crippen LogP contribution in [-0.4, -0.2) is 7.11 Å². The van der Waals surface area contributed by atoms with Crippen molar-refractivity contribution in [2.45, 2.75) is 0 Å². The summed E-state index contributed by atoms with van der Waals surface area (Å²) in [4.78, 5) is 0. The Morgan fingerprint density at radius 2 is 1.89 bits per heavy atom. The number of benzene rings is 2. The monoisotopic (exact) mass is 250 g/mol. The van der Waals surface area contributed by atoms with Gasteiger partial charge in [0, 0.05) is 11.8 Å². The predicted octanol–water partition coefficient (Wildman–Crippen LogP) is 3.30. The van der Waals surface area contributed by atoms with Crippen LogP contribution in [0.2, 0.25) is 0 Å². The van der Waals surface area contributed by atoms with E-state index in [-0.39, 0.29) is 17.1 Å². The minimum atomic E-state index is -0.530. The molecular weight excluding hydrogens is 238 g/mol. The van der Waals surface area contributed by atoms with E-state index in [1.807, 2.05) is 0 Å². The number of halogens is 2. The lowest BCUT2D eigenvalue weighted by molar-refractivity contribution is 0.386. The molecule has 18 heavy (non-hydrogen) atoms. The first-order valence-electron chi connectivity index (χ1n) is 5.26. The highest BCUT2D eigenvalue weighted by molar-refractivity contribution is 5.73. The van der Waals surface area contributed by atoms with Gasteiger partial charge >= 0.3 is 0 Å². The third-order valence-corrected chi connectivity index (χ3v) is 2.47. The first kappa shape index (κ1) is 12.2. The van der Waals surface area contributed by atoms with E-state index in [0.717, 1.165) is 0 Å². The molecule has 3 N–H and O–H groups in total. The lowest BCUT2D eigenvalue weighted by atomic mass is 10.2. The number of nitrogens with one attached hydrogen (secondary N) is 1. The molecule has 0 aliphatic carbocycles. The molecule has 0 saturated heterocycles. The summed E-state index contributed by atoms with van der Waals surface area (Å²) in [5.74, 6) is -0.898. The van der Waals surface area contributed by atoms with Crippen LogP contribution in [0.25, 0.3) is 0 Å². The van der Waals surface area contributed by atoms with Gasteiger partial charge < -0.3 is 15.8 Å². The van der Waals surface area contributed by atoms with E-state index in [2.05, 4.69) is 5.32 Å². The number of methoxy groups -OCH3 is 1. The quantitative estimate of drug-likeness (QED) is 0.822. The zero-order valence-electron chi connectivity index (χ0n) is 9.71. The number of hydrogen-bond donors (Lipinski definition) is 2. The van der Waals surface area contributed by atoms with Crippen LogP contribution in [0.5, 0.6) is 5.75 Å². The molecule has 94 valence electrons. The van der Waals surface area contributed by atoms with Crippen LogP contribution in [0.3, 0.4) is 0 Å². The Kier molecular flexibility index (Phi) is 3.32. The fourth-order valence-electron chi connectivity index (χ4n) is 1.56. The molecule has 2 aromatic rings. The molecule has 0 bridgehead atoms. The van der Waals surface area contributed by atoms with Gasteiger partial charge in [-0.15, -0.1) is 0 Å². The molecule has 0 aliphatic rings. The normalized spacial score (nSPS) is 10.2. The standard InChI is InChI=1S/C13H12F2N2O/c1-18-12-6-5-8(7-10(12)15)17-13-9(14)3-2-4-11(13)16/h2-7,17H,16H2,1H3. The molecule has 5 heteroatoms. The van der Waals surface area contributed by atoms with E-state index in [1.165, 1.54) is 31.4 Å². The zero-order valence-corrected chi connectivity index (χ0v) is 9.71. The lowest BCUT2D eigenvalue weighted by Crippen LogP contribution is -1.99. The van der Waals surface area contributed by atoms with Gasteiger partial charge in [0.25, 0.3) is 0 Å². The number of nitrogen functional groups attached to an aromatic ring is 1. The van der Waals surface area contributed by atoms with Crippen LogP contribution in [0.4, 0.5) is 25.8 Å². The van der Waals surface area contributed by atoms with Crippen molar-refractivity contribution >= 4 is 17.1 Å². The maximum atomic E-state index is 13.5. The molecule has 0 aliphatic heterocycles. The third kappa shape index (κ3) is 2.34. The zero-order chi connectivity index (χ0) is 13.1. The van der Waals surface area contributed by atoms with E-state index in [9.17, 15) is 8.78 Å². The molecule has 0 atom stereocenters. The molecule has 0 fully saturated rings. The minimum Gasteiger partial charge on any atom is -0.494 e. The fourth-order valence-corrected chi connectivity index (χ4v) is 1.56. The largest absolute Gasteiger partial charge is 0.494 e. The number of rotatable bonds is 3. The predicted molar refractivity (Wildman–Crippen MR) is 67.0 cm³/mol. The van der Waals surface area contributed by atoms with Crippen LogP contribution in [0.15, 0.2) is 36.4 Å². The molecule has 0 aromatic heterocycles. The van der Waals surface area contributed by atoms with Gasteiger partial charge in [-0.25, -0.2) is 8.78 Å². The fraction of sp³-hybridized carbons (Fsp3) is 0.0769. The summed E-state index contributed by atoms with van der Waals surface area (Å²) in [7, 11) is 1.38. The average molecular weight is 250 g/mol. The number of ether oxygens (including phenoxy) is 1. The second-order valence-electron chi connectivity index (χ2n) is 3.68. The van der Waals surface area contributed by atoms with Gasteiger partial charge in [0.15, 0.2) is 11.6 Å². The lowest BCUT2D eigenvalue weighted by Gasteiger charge is -2.11. The van der Waals surface area contributed by atoms with Gasteiger partial charge in [-0.3, -0.25) is 0 Å². The average Bonchev–Trinajstić information content (AvgIpc) is 2.34. The second-order valence-corrected chi connectivity index (χ2v) is 3.68. The van der Waals surface area contributed by atoms with Gasteiger partial charge in [-0.05, 0) is 24.3 Å². The van der Waals surface area contributed by atoms with Crippen molar-refractivity contribution in [3.05, 3.63) is 48.0 Å². The molecule has 0 heterocycles. The Bertz CT molecular complexity index is 553. The maximum absolute atomic E-state index is 13.5. The van der Waals surface area contributed by atoms with E-state index in [1.54, 1.807) is 12.1 Å². The third-order valence-electron chi connectivity index (χ3n) is 2.47. The van der Waals surface area contributed by atoms with E-state index < -0.39 is 11.6 Å². The Morgan fingerprint density at radius 3 is 2.50 bits per heavy atom. The summed E-state index contributed by atoms with van der Waals surface area (Å²) in [5.41, 5.74) is 6.42. The number of hydrogen-bond acceptors (Lipinski definition) is 3. The summed E-state index contributed by atoms with van der Waals surface area (Å²) < 4.78 is 31.8. The highest BCUT2D eigenvalue weighted by atomic mass is 19.1. The van der Waals surface area contributed by atoms with E-state index >= 15 is 0 Å². The highest BCUT2D eigenvalue weighted by Gasteiger charge is 2.08. The van der Waals surface area contributed by atoms with Crippen molar-refractivity contribution in [3.63, 3.8) is 0 Å². The topological polar surface area (TPSA) is 47.3 Å². The Balaban J connectivity index is 2.32. The summed E-state index contributed by atoms with van der Waals surface area (Å²) in [6, 6.07) is 8.58. The van der Waals surface area contributed by atoms with Crippen LogP contribution in [0.1, 0.15) is 0 Å².